The Morgan fingerprint density at radius 2 is 1.84 bits per heavy atom. The minimum absolute atomic E-state index is 0.226. The Morgan fingerprint density at radius 1 is 1.16 bits per heavy atom. The van der Waals surface area contributed by atoms with Gasteiger partial charge in [-0.3, -0.25) is 4.79 Å². The molecule has 0 N–H and O–H groups in total. The van der Waals surface area contributed by atoms with Crippen LogP contribution in [0.25, 0.3) is 10.8 Å². The third-order valence-corrected chi connectivity index (χ3v) is 5.08. The summed E-state index contributed by atoms with van der Waals surface area (Å²) in [5.74, 6) is -1.18. The smallest absolute Gasteiger partial charge is 0.345 e. The van der Waals surface area contributed by atoms with Gasteiger partial charge in [0.15, 0.2) is 6.61 Å². The molecule has 0 aliphatic heterocycles. The van der Waals surface area contributed by atoms with E-state index in [0.29, 0.717) is 6.42 Å². The molecule has 2 rings (SSSR count). The van der Waals surface area contributed by atoms with Crippen LogP contribution in [-0.4, -0.2) is 18.5 Å². The maximum absolute atomic E-state index is 12.1. The first-order valence-electron chi connectivity index (χ1n) is 8.32. The maximum Gasteiger partial charge on any atom is 0.345 e. The summed E-state index contributed by atoms with van der Waals surface area (Å²) in [7, 11) is 0. The molecular formula is C20H23BrO4. The first-order valence-corrected chi connectivity index (χ1v) is 9.11. The van der Waals surface area contributed by atoms with E-state index >= 15 is 0 Å². The van der Waals surface area contributed by atoms with Gasteiger partial charge in [-0.1, -0.05) is 50.2 Å². The molecule has 0 heterocycles. The van der Waals surface area contributed by atoms with E-state index in [1.807, 2.05) is 57.2 Å². The van der Waals surface area contributed by atoms with Crippen LogP contribution in [0.4, 0.5) is 0 Å². The summed E-state index contributed by atoms with van der Waals surface area (Å²) in [6.07, 6.45) is 0.670. The Hall–Kier alpha value is -1.88. The van der Waals surface area contributed by atoms with Crippen LogP contribution < -0.4 is 0 Å². The average molecular weight is 407 g/mol. The van der Waals surface area contributed by atoms with Crippen molar-refractivity contribution in [1.29, 1.82) is 0 Å². The first-order chi connectivity index (χ1) is 11.8. The summed E-state index contributed by atoms with van der Waals surface area (Å²) in [6.45, 7) is 6.92. The van der Waals surface area contributed by atoms with E-state index in [1.54, 1.807) is 6.92 Å². The van der Waals surface area contributed by atoms with Crippen molar-refractivity contribution < 1.29 is 19.1 Å². The van der Waals surface area contributed by atoms with Crippen LogP contribution in [-0.2, 0) is 24.7 Å². The molecule has 25 heavy (non-hydrogen) atoms. The molecule has 0 aliphatic rings. The van der Waals surface area contributed by atoms with Gasteiger partial charge in [0.25, 0.3) is 0 Å². The lowest BCUT2D eigenvalue weighted by molar-refractivity contribution is -0.170. The number of rotatable bonds is 6. The van der Waals surface area contributed by atoms with E-state index in [0.717, 1.165) is 20.8 Å². The summed E-state index contributed by atoms with van der Waals surface area (Å²) in [6, 6.07) is 11.9. The van der Waals surface area contributed by atoms with E-state index < -0.39 is 11.6 Å². The van der Waals surface area contributed by atoms with E-state index in [9.17, 15) is 9.59 Å². The standard InChI is InChI=1S/C20H23BrO4/c1-5-13(2)19(23)24-12-17(22)25-20(3,4)16-11-10-14-8-6-7-9-15(14)18(16)21/h6-11,13H,5,12H2,1-4H3. The predicted octanol–water partition coefficient (Wildman–Crippen LogP) is 4.97. The Balaban J connectivity index is 2.12. The molecule has 0 aromatic heterocycles. The second kappa shape index (κ2) is 8.00. The molecule has 2 aromatic rings. The van der Waals surface area contributed by atoms with Crippen molar-refractivity contribution in [2.24, 2.45) is 5.92 Å². The van der Waals surface area contributed by atoms with E-state index in [1.165, 1.54) is 0 Å². The molecule has 0 aliphatic carbocycles. The molecule has 2 aromatic carbocycles. The molecule has 1 atom stereocenters. The van der Waals surface area contributed by atoms with Crippen LogP contribution in [0.3, 0.4) is 0 Å². The molecule has 0 saturated heterocycles. The highest BCUT2D eigenvalue weighted by molar-refractivity contribution is 9.10. The molecule has 134 valence electrons. The molecule has 0 saturated carbocycles. The van der Waals surface area contributed by atoms with Crippen molar-refractivity contribution in [3.05, 3.63) is 46.4 Å². The number of ether oxygens (including phenoxy) is 2. The van der Waals surface area contributed by atoms with Gasteiger partial charge in [-0.05, 0) is 47.0 Å². The van der Waals surface area contributed by atoms with Crippen LogP contribution in [0.5, 0.6) is 0 Å². The van der Waals surface area contributed by atoms with Crippen LogP contribution >= 0.6 is 15.9 Å². The zero-order valence-corrected chi connectivity index (χ0v) is 16.6. The van der Waals surface area contributed by atoms with Crippen LogP contribution in [0, 0.1) is 5.92 Å². The third kappa shape index (κ3) is 4.60. The number of hydrogen-bond acceptors (Lipinski definition) is 4. The lowest BCUT2D eigenvalue weighted by Crippen LogP contribution is -2.29. The van der Waals surface area contributed by atoms with Gasteiger partial charge in [-0.15, -0.1) is 0 Å². The van der Waals surface area contributed by atoms with E-state index in [4.69, 9.17) is 9.47 Å². The summed E-state index contributed by atoms with van der Waals surface area (Å²) in [5, 5.41) is 2.15. The Bertz CT molecular complexity index is 782. The zero-order valence-electron chi connectivity index (χ0n) is 15.0. The highest BCUT2D eigenvalue weighted by Crippen LogP contribution is 2.36. The minimum Gasteiger partial charge on any atom is -0.453 e. The predicted molar refractivity (Wildman–Crippen MR) is 101 cm³/mol. The molecule has 0 bridgehead atoms. The summed E-state index contributed by atoms with van der Waals surface area (Å²) < 4.78 is 11.5. The van der Waals surface area contributed by atoms with Gasteiger partial charge < -0.3 is 9.47 Å². The lowest BCUT2D eigenvalue weighted by atomic mass is 9.95. The van der Waals surface area contributed by atoms with Gasteiger partial charge in [-0.25, -0.2) is 4.79 Å². The fraction of sp³-hybridized carbons (Fsp3) is 0.400. The number of fused-ring (bicyclic) bond motifs is 1. The van der Waals surface area contributed by atoms with Crippen molar-refractivity contribution in [1.82, 2.24) is 0 Å². The Labute approximate surface area is 156 Å². The lowest BCUT2D eigenvalue weighted by Gasteiger charge is -2.27. The molecule has 0 spiro atoms. The molecule has 0 fully saturated rings. The second-order valence-electron chi connectivity index (χ2n) is 6.55. The van der Waals surface area contributed by atoms with Gasteiger partial charge in [0.05, 0.1) is 5.92 Å². The number of carbonyl (C=O) groups is 2. The highest BCUT2D eigenvalue weighted by Gasteiger charge is 2.29. The van der Waals surface area contributed by atoms with Gasteiger partial charge in [0, 0.05) is 10.0 Å². The summed E-state index contributed by atoms with van der Waals surface area (Å²) in [4.78, 5) is 23.8. The third-order valence-electron chi connectivity index (χ3n) is 4.23. The topological polar surface area (TPSA) is 52.6 Å². The summed E-state index contributed by atoms with van der Waals surface area (Å²) >= 11 is 3.62. The van der Waals surface area contributed by atoms with Crippen LogP contribution in [0.2, 0.25) is 0 Å². The second-order valence-corrected chi connectivity index (χ2v) is 7.34. The molecule has 5 heteroatoms. The quantitative estimate of drug-likeness (QED) is 0.635. The fourth-order valence-electron chi connectivity index (χ4n) is 2.51. The van der Waals surface area contributed by atoms with E-state index in [-0.39, 0.29) is 18.5 Å². The highest BCUT2D eigenvalue weighted by atomic mass is 79.9. The number of hydrogen-bond donors (Lipinski definition) is 0. The van der Waals surface area contributed by atoms with Gasteiger partial charge in [-0.2, -0.15) is 0 Å². The Morgan fingerprint density at radius 3 is 2.52 bits per heavy atom. The zero-order chi connectivity index (χ0) is 18.6. The number of carbonyl (C=O) groups excluding carboxylic acids is 2. The van der Waals surface area contributed by atoms with Gasteiger partial charge in [0.2, 0.25) is 0 Å². The number of halogens is 1. The molecule has 0 amide bonds. The molecule has 4 nitrogen and oxygen atoms in total. The minimum atomic E-state index is -0.858. The number of benzene rings is 2. The SMILES string of the molecule is CCC(C)C(=O)OCC(=O)OC(C)(C)c1ccc2ccccc2c1Br. The van der Waals surface area contributed by atoms with Crippen molar-refractivity contribution >= 4 is 38.6 Å². The average Bonchev–Trinajstić information content (AvgIpc) is 2.58. The number of esters is 2. The van der Waals surface area contributed by atoms with Crippen molar-refractivity contribution in [3.8, 4) is 0 Å². The largest absolute Gasteiger partial charge is 0.453 e. The molecular weight excluding hydrogens is 384 g/mol. The maximum atomic E-state index is 12.1. The van der Waals surface area contributed by atoms with Crippen molar-refractivity contribution in [2.75, 3.05) is 6.61 Å². The van der Waals surface area contributed by atoms with Crippen LogP contribution in [0.15, 0.2) is 40.9 Å². The van der Waals surface area contributed by atoms with Crippen molar-refractivity contribution in [2.45, 2.75) is 39.7 Å². The van der Waals surface area contributed by atoms with Crippen LogP contribution in [0.1, 0.15) is 39.7 Å². The normalized spacial score (nSPS) is 12.7. The van der Waals surface area contributed by atoms with E-state index in [2.05, 4.69) is 15.9 Å². The summed E-state index contributed by atoms with van der Waals surface area (Å²) in [5.41, 5.74) is -0.00396. The monoisotopic (exact) mass is 406 g/mol. The van der Waals surface area contributed by atoms with Crippen molar-refractivity contribution in [3.63, 3.8) is 0 Å². The first kappa shape index (κ1) is 19.4. The Kier molecular flexibility index (Phi) is 6.22. The molecule has 0 radical (unpaired) electrons. The molecule has 1 unspecified atom stereocenters. The van der Waals surface area contributed by atoms with Gasteiger partial charge >= 0.3 is 11.9 Å². The fourth-order valence-corrected chi connectivity index (χ4v) is 3.48. The van der Waals surface area contributed by atoms with Gasteiger partial charge in [0.1, 0.15) is 5.60 Å².